The van der Waals surface area contributed by atoms with Crippen molar-refractivity contribution in [3.05, 3.63) is 155 Å². The minimum Gasteiger partial charge on any atom is -0.453 e. The van der Waals surface area contributed by atoms with Gasteiger partial charge < -0.3 is 29.8 Å². The van der Waals surface area contributed by atoms with E-state index in [0.717, 1.165) is 103 Å². The van der Waals surface area contributed by atoms with E-state index in [1.165, 1.54) is 13.5 Å². The van der Waals surface area contributed by atoms with Gasteiger partial charge in [0.15, 0.2) is 0 Å². The summed E-state index contributed by atoms with van der Waals surface area (Å²) < 4.78 is 4.83. The standard InChI is InChI=1S/C51H52N8O4/c1-63-51(62)56-45(39-13-5-2-6-14-39)49(60)58-31-11-17-43(58)47-52-33-41(54-47)37-25-21-35(22-26-37)19-20-36-23-27-38(28-24-36)42-34-53-48(55-42)44-18-12-32-59(44)50(61)46(40-15-7-3-8-16-40)57-29-9-4-10-30-57/h2-3,5-8,13-16,21-28,33-34,43-46H,4,9-12,17-18,29-32H2,1H3,(H,52,54)(H,53,55)(H,56,62)/t43-,44-,45+,46+/m0/s1. The van der Waals surface area contributed by atoms with Crippen LogP contribution in [-0.4, -0.2) is 85.8 Å². The van der Waals surface area contributed by atoms with Gasteiger partial charge in [-0.3, -0.25) is 14.5 Å². The van der Waals surface area contributed by atoms with Gasteiger partial charge in [0.2, 0.25) is 5.91 Å². The maximum atomic E-state index is 14.3. The maximum absolute atomic E-state index is 14.3. The normalized spacial score (nSPS) is 18.6. The average molecular weight is 841 g/mol. The highest BCUT2D eigenvalue weighted by atomic mass is 16.5. The summed E-state index contributed by atoms with van der Waals surface area (Å²) in [6.07, 6.45) is 9.88. The Morgan fingerprint density at radius 3 is 1.62 bits per heavy atom. The van der Waals surface area contributed by atoms with Crippen molar-refractivity contribution in [3.63, 3.8) is 0 Å². The molecule has 3 saturated heterocycles. The molecule has 0 saturated carbocycles. The monoisotopic (exact) mass is 840 g/mol. The zero-order chi connectivity index (χ0) is 43.1. The van der Waals surface area contributed by atoms with Gasteiger partial charge in [-0.25, -0.2) is 14.8 Å². The van der Waals surface area contributed by atoms with Crippen molar-refractivity contribution in [3.8, 4) is 34.4 Å². The lowest BCUT2D eigenvalue weighted by molar-refractivity contribution is -0.139. The first-order valence-electron chi connectivity index (χ1n) is 22.1. The number of aromatic amines is 2. The van der Waals surface area contributed by atoms with Crippen LogP contribution in [0.5, 0.6) is 0 Å². The number of methoxy groups -OCH3 is 1. The van der Waals surface area contributed by atoms with E-state index in [1.807, 2.05) is 91.1 Å². The number of hydrogen-bond acceptors (Lipinski definition) is 7. The van der Waals surface area contributed by atoms with Gasteiger partial charge in [-0.05, 0) is 98.1 Å². The Labute approximate surface area is 368 Å². The van der Waals surface area contributed by atoms with E-state index in [9.17, 15) is 14.4 Å². The highest BCUT2D eigenvalue weighted by Gasteiger charge is 2.39. The van der Waals surface area contributed by atoms with Crippen LogP contribution in [0.15, 0.2) is 122 Å². The van der Waals surface area contributed by atoms with Crippen molar-refractivity contribution >= 4 is 17.9 Å². The number of carbonyl (C=O) groups excluding carboxylic acids is 3. The van der Waals surface area contributed by atoms with E-state index < -0.39 is 12.1 Å². The lowest BCUT2D eigenvalue weighted by Crippen LogP contribution is -2.44. The van der Waals surface area contributed by atoms with E-state index in [-0.39, 0.29) is 29.9 Å². The third-order valence-electron chi connectivity index (χ3n) is 12.6. The summed E-state index contributed by atoms with van der Waals surface area (Å²) >= 11 is 0. The molecule has 0 unspecified atom stereocenters. The molecule has 3 N–H and O–H groups in total. The molecule has 0 radical (unpaired) electrons. The number of nitrogens with zero attached hydrogens (tertiary/aromatic N) is 5. The number of amides is 3. The molecule has 3 aliphatic heterocycles. The van der Waals surface area contributed by atoms with E-state index in [1.54, 1.807) is 11.1 Å². The highest BCUT2D eigenvalue weighted by molar-refractivity contribution is 5.87. The SMILES string of the molecule is COC(=O)N[C@@H](C(=O)N1CCC[C@H]1c1ncc(-c2ccc(C#Cc3ccc(-c4cnc([C@@H]5CCCN5C(=O)[C@@H](c5ccccc5)N5CCCCC5)[nH]4)cc3)cc2)[nH]1)c1ccccc1. The Kier molecular flexibility index (Phi) is 12.5. The molecule has 0 aliphatic carbocycles. The summed E-state index contributed by atoms with van der Waals surface area (Å²) in [6.45, 7) is 3.18. The van der Waals surface area contributed by atoms with Gasteiger partial charge >= 0.3 is 6.09 Å². The molecule has 63 heavy (non-hydrogen) atoms. The summed E-state index contributed by atoms with van der Waals surface area (Å²) in [5.74, 6) is 8.08. The molecular formula is C51H52N8O4. The zero-order valence-electron chi connectivity index (χ0n) is 35.5. The fourth-order valence-corrected chi connectivity index (χ4v) is 9.30. The number of H-pyrrole nitrogens is 2. The lowest BCUT2D eigenvalue weighted by Gasteiger charge is -2.37. The first-order chi connectivity index (χ1) is 30.9. The Morgan fingerprint density at radius 2 is 1.11 bits per heavy atom. The largest absolute Gasteiger partial charge is 0.453 e. The Balaban J connectivity index is 0.835. The summed E-state index contributed by atoms with van der Waals surface area (Å²) in [5, 5.41) is 2.72. The molecule has 2 aromatic heterocycles. The van der Waals surface area contributed by atoms with Gasteiger partial charge in [-0.2, -0.15) is 0 Å². The van der Waals surface area contributed by atoms with Crippen LogP contribution in [0.3, 0.4) is 0 Å². The average Bonchev–Trinajstić information content (AvgIpc) is 4.19. The number of benzene rings is 4. The maximum Gasteiger partial charge on any atom is 0.407 e. The van der Waals surface area contributed by atoms with E-state index in [0.29, 0.717) is 17.9 Å². The smallest absolute Gasteiger partial charge is 0.407 e. The molecule has 4 atom stereocenters. The third-order valence-corrected chi connectivity index (χ3v) is 12.6. The van der Waals surface area contributed by atoms with Crippen LogP contribution in [0.2, 0.25) is 0 Å². The van der Waals surface area contributed by atoms with Crippen molar-refractivity contribution in [2.24, 2.45) is 0 Å². The number of carbonyl (C=O) groups is 3. The van der Waals surface area contributed by atoms with E-state index in [4.69, 9.17) is 14.7 Å². The van der Waals surface area contributed by atoms with E-state index in [2.05, 4.69) is 61.2 Å². The van der Waals surface area contributed by atoms with Crippen molar-refractivity contribution in [1.29, 1.82) is 0 Å². The van der Waals surface area contributed by atoms with Crippen molar-refractivity contribution < 1.29 is 19.1 Å². The molecule has 5 heterocycles. The molecule has 3 fully saturated rings. The molecule has 6 aromatic rings. The highest BCUT2D eigenvalue weighted by Crippen LogP contribution is 2.37. The molecular weight excluding hydrogens is 789 g/mol. The van der Waals surface area contributed by atoms with Crippen molar-refractivity contribution in [2.45, 2.75) is 69.1 Å². The van der Waals surface area contributed by atoms with Gasteiger partial charge in [-0.1, -0.05) is 103 Å². The quantitative estimate of drug-likeness (QED) is 0.118. The summed E-state index contributed by atoms with van der Waals surface area (Å²) in [7, 11) is 1.29. The number of alkyl carbamates (subject to hydrolysis) is 1. The van der Waals surface area contributed by atoms with Crippen LogP contribution < -0.4 is 5.32 Å². The van der Waals surface area contributed by atoms with Crippen molar-refractivity contribution in [1.82, 2.24) is 40.0 Å². The van der Waals surface area contributed by atoms with Crippen LogP contribution >= 0.6 is 0 Å². The Morgan fingerprint density at radius 1 is 0.619 bits per heavy atom. The molecule has 0 spiro atoms. The van der Waals surface area contributed by atoms with Crippen LogP contribution in [-0.2, 0) is 14.3 Å². The Bertz CT molecular complexity index is 2570. The molecule has 3 amide bonds. The topological polar surface area (TPSA) is 140 Å². The second-order valence-electron chi connectivity index (χ2n) is 16.5. The molecule has 4 aromatic carbocycles. The number of piperidine rings is 1. The third kappa shape index (κ3) is 9.15. The van der Waals surface area contributed by atoms with E-state index >= 15 is 0 Å². The number of rotatable bonds is 10. The molecule has 12 heteroatoms. The predicted octanol–water partition coefficient (Wildman–Crippen LogP) is 8.52. The van der Waals surface area contributed by atoms with Crippen LogP contribution in [0, 0.1) is 11.8 Å². The number of hydrogen-bond donors (Lipinski definition) is 3. The fourth-order valence-electron chi connectivity index (χ4n) is 9.30. The molecule has 9 rings (SSSR count). The first kappa shape index (κ1) is 41.4. The second-order valence-corrected chi connectivity index (χ2v) is 16.5. The fraction of sp³-hybridized carbons (Fsp3) is 0.314. The predicted molar refractivity (Wildman–Crippen MR) is 241 cm³/mol. The van der Waals surface area contributed by atoms with Gasteiger partial charge in [-0.15, -0.1) is 0 Å². The van der Waals surface area contributed by atoms with Crippen LogP contribution in [0.1, 0.15) is 103 Å². The number of ether oxygens (including phenoxy) is 1. The summed E-state index contributed by atoms with van der Waals surface area (Å²) in [6, 6.07) is 34.1. The van der Waals surface area contributed by atoms with Gasteiger partial charge in [0, 0.05) is 24.2 Å². The van der Waals surface area contributed by atoms with Crippen molar-refractivity contribution in [2.75, 3.05) is 33.3 Å². The van der Waals surface area contributed by atoms with Gasteiger partial charge in [0.25, 0.3) is 5.91 Å². The minimum absolute atomic E-state index is 0.0844. The second kappa shape index (κ2) is 19.0. The molecule has 3 aliphatic rings. The molecule has 320 valence electrons. The first-order valence-corrected chi connectivity index (χ1v) is 22.1. The Hall–Kier alpha value is -6.97. The number of likely N-dealkylation sites (tertiary alicyclic amines) is 3. The van der Waals surface area contributed by atoms with Crippen LogP contribution in [0.25, 0.3) is 22.5 Å². The van der Waals surface area contributed by atoms with Gasteiger partial charge in [0.1, 0.15) is 23.7 Å². The number of imidazole rings is 2. The van der Waals surface area contributed by atoms with Gasteiger partial charge in [0.05, 0.1) is 43.0 Å². The summed E-state index contributed by atoms with van der Waals surface area (Å²) in [4.78, 5) is 63.2. The van der Waals surface area contributed by atoms with Crippen LogP contribution in [0.4, 0.5) is 4.79 Å². The number of aromatic nitrogens is 4. The lowest BCUT2D eigenvalue weighted by atomic mass is 10.00. The summed E-state index contributed by atoms with van der Waals surface area (Å²) in [5.41, 5.74) is 7.24. The molecule has 0 bridgehead atoms. The zero-order valence-corrected chi connectivity index (χ0v) is 35.5. The molecule has 12 nitrogen and oxygen atoms in total. The number of nitrogens with one attached hydrogen (secondary N) is 3. The minimum atomic E-state index is -0.874.